The summed E-state index contributed by atoms with van der Waals surface area (Å²) in [7, 11) is 0. The molecule has 0 amide bonds. The molecule has 6 nitrogen and oxygen atoms in total. The average molecular weight is 479 g/mol. The SMILES string of the molecule is O.O.Oc1ccccc1OC1CCCCC1.Oc1ccccc1OC1CCCCC1.[Co]. The van der Waals surface area contributed by atoms with Crippen molar-refractivity contribution >= 4 is 0 Å². The van der Waals surface area contributed by atoms with Crippen LogP contribution in [0.5, 0.6) is 23.0 Å². The van der Waals surface area contributed by atoms with Crippen molar-refractivity contribution < 1.29 is 47.4 Å². The summed E-state index contributed by atoms with van der Waals surface area (Å²) in [5.74, 6) is 1.75. The van der Waals surface area contributed by atoms with Crippen molar-refractivity contribution in [2.24, 2.45) is 0 Å². The van der Waals surface area contributed by atoms with Crippen LogP contribution in [0.1, 0.15) is 64.2 Å². The van der Waals surface area contributed by atoms with E-state index in [1.165, 1.54) is 38.5 Å². The molecule has 0 bridgehead atoms. The first-order chi connectivity index (χ1) is 13.7. The summed E-state index contributed by atoms with van der Waals surface area (Å²) in [5.41, 5.74) is 0. The third kappa shape index (κ3) is 9.82. The van der Waals surface area contributed by atoms with Gasteiger partial charge in [0.25, 0.3) is 0 Å². The topological polar surface area (TPSA) is 122 Å². The predicted molar refractivity (Wildman–Crippen MR) is 118 cm³/mol. The van der Waals surface area contributed by atoms with E-state index < -0.39 is 0 Å². The Morgan fingerprint density at radius 3 is 1.19 bits per heavy atom. The van der Waals surface area contributed by atoms with Gasteiger partial charge < -0.3 is 30.6 Å². The average Bonchev–Trinajstić information content (AvgIpc) is 2.74. The molecule has 2 saturated carbocycles. The molecule has 0 spiro atoms. The van der Waals surface area contributed by atoms with E-state index in [2.05, 4.69) is 0 Å². The van der Waals surface area contributed by atoms with Gasteiger partial charge in [-0.25, -0.2) is 0 Å². The fourth-order valence-electron chi connectivity index (χ4n) is 3.84. The number of benzene rings is 2. The van der Waals surface area contributed by atoms with Crippen molar-refractivity contribution in [1.29, 1.82) is 0 Å². The molecule has 0 unspecified atom stereocenters. The minimum absolute atomic E-state index is 0. The molecular weight excluding hydrogens is 443 g/mol. The molecule has 0 saturated heterocycles. The van der Waals surface area contributed by atoms with E-state index in [1.54, 1.807) is 12.1 Å². The second-order valence-corrected chi connectivity index (χ2v) is 7.69. The fraction of sp³-hybridized carbons (Fsp3) is 0.500. The maximum absolute atomic E-state index is 9.52. The van der Waals surface area contributed by atoms with E-state index in [1.807, 2.05) is 36.4 Å². The summed E-state index contributed by atoms with van der Waals surface area (Å²) >= 11 is 0. The number of para-hydroxylation sites is 4. The minimum atomic E-state index is 0. The van der Waals surface area contributed by atoms with Gasteiger partial charge in [0.15, 0.2) is 23.0 Å². The molecule has 2 aliphatic carbocycles. The van der Waals surface area contributed by atoms with Crippen molar-refractivity contribution in [1.82, 2.24) is 0 Å². The van der Waals surface area contributed by atoms with Crippen LogP contribution in [0.3, 0.4) is 0 Å². The van der Waals surface area contributed by atoms with Gasteiger partial charge in [0.05, 0.1) is 12.2 Å². The second kappa shape index (κ2) is 15.8. The number of hydrogen-bond donors (Lipinski definition) is 2. The van der Waals surface area contributed by atoms with E-state index in [0.29, 0.717) is 23.7 Å². The molecule has 0 aromatic heterocycles. The van der Waals surface area contributed by atoms with Crippen LogP contribution in [0.15, 0.2) is 48.5 Å². The largest absolute Gasteiger partial charge is 0.504 e. The minimum Gasteiger partial charge on any atom is -0.504 e. The van der Waals surface area contributed by atoms with Crippen LogP contribution in [-0.4, -0.2) is 33.4 Å². The molecule has 2 aromatic rings. The van der Waals surface area contributed by atoms with Crippen molar-refractivity contribution in [2.45, 2.75) is 76.4 Å². The predicted octanol–water partition coefficient (Wildman–Crippen LogP) is 4.56. The van der Waals surface area contributed by atoms with Gasteiger partial charge >= 0.3 is 0 Å². The van der Waals surface area contributed by atoms with E-state index in [4.69, 9.17) is 9.47 Å². The van der Waals surface area contributed by atoms with Crippen LogP contribution < -0.4 is 9.47 Å². The zero-order valence-electron chi connectivity index (χ0n) is 17.9. The number of phenols is 2. The van der Waals surface area contributed by atoms with Gasteiger partial charge in [-0.2, -0.15) is 0 Å². The molecule has 7 heteroatoms. The molecule has 0 aliphatic heterocycles. The van der Waals surface area contributed by atoms with Crippen LogP contribution >= 0.6 is 0 Å². The van der Waals surface area contributed by atoms with Crippen LogP contribution in [-0.2, 0) is 16.8 Å². The standard InChI is InChI=1S/2C12H16O2.Co.2H2O/c2*13-11-8-4-5-9-12(11)14-10-6-2-1-3-7-10;;;/h2*4-5,8-10,13H,1-3,6-7H2;;2*1H2. The summed E-state index contributed by atoms with van der Waals surface area (Å²) < 4.78 is 11.5. The second-order valence-electron chi connectivity index (χ2n) is 7.69. The third-order valence-electron chi connectivity index (χ3n) is 5.42. The smallest absolute Gasteiger partial charge is 0.161 e. The Kier molecular flexibility index (Phi) is 14.8. The number of rotatable bonds is 4. The quantitative estimate of drug-likeness (QED) is 0.668. The summed E-state index contributed by atoms with van der Waals surface area (Å²) in [6, 6.07) is 14.4. The molecule has 177 valence electrons. The first kappa shape index (κ1) is 29.1. The number of phenolic OH excluding ortho intramolecular Hbond substituents is 2. The Balaban J connectivity index is 0.000000529. The van der Waals surface area contributed by atoms with E-state index in [-0.39, 0.29) is 39.2 Å². The monoisotopic (exact) mass is 479 g/mol. The molecule has 2 fully saturated rings. The molecule has 4 rings (SSSR count). The Morgan fingerprint density at radius 2 is 0.871 bits per heavy atom. The van der Waals surface area contributed by atoms with Gasteiger partial charge in [0.1, 0.15) is 0 Å². The first-order valence-corrected chi connectivity index (χ1v) is 10.6. The molecule has 0 atom stereocenters. The van der Waals surface area contributed by atoms with E-state index >= 15 is 0 Å². The van der Waals surface area contributed by atoms with E-state index in [9.17, 15) is 10.2 Å². The number of aromatic hydroxyl groups is 2. The molecular formula is C24H36CoO6. The summed E-state index contributed by atoms with van der Waals surface area (Å²) in [6.07, 6.45) is 12.7. The Hall–Kier alpha value is -1.93. The van der Waals surface area contributed by atoms with Gasteiger partial charge in [-0.15, -0.1) is 0 Å². The van der Waals surface area contributed by atoms with Gasteiger partial charge in [0, 0.05) is 16.8 Å². The molecule has 1 radical (unpaired) electrons. The fourth-order valence-corrected chi connectivity index (χ4v) is 3.84. The van der Waals surface area contributed by atoms with Gasteiger partial charge in [-0.05, 0) is 75.6 Å². The molecule has 2 aliphatic rings. The van der Waals surface area contributed by atoms with E-state index in [0.717, 1.165) is 25.7 Å². The van der Waals surface area contributed by atoms with Crippen LogP contribution in [0, 0.1) is 0 Å². The van der Waals surface area contributed by atoms with Crippen molar-refractivity contribution in [3.8, 4) is 23.0 Å². The van der Waals surface area contributed by atoms with Gasteiger partial charge in [0.2, 0.25) is 0 Å². The maximum Gasteiger partial charge on any atom is 0.161 e. The maximum atomic E-state index is 9.52. The van der Waals surface area contributed by atoms with Crippen molar-refractivity contribution in [3.63, 3.8) is 0 Å². The molecule has 31 heavy (non-hydrogen) atoms. The summed E-state index contributed by atoms with van der Waals surface area (Å²) in [6.45, 7) is 0. The number of ether oxygens (including phenoxy) is 2. The molecule has 2 aromatic carbocycles. The van der Waals surface area contributed by atoms with Gasteiger partial charge in [-0.1, -0.05) is 37.1 Å². The zero-order chi connectivity index (χ0) is 19.6. The molecule has 6 N–H and O–H groups in total. The zero-order valence-corrected chi connectivity index (χ0v) is 18.9. The third-order valence-corrected chi connectivity index (χ3v) is 5.42. The first-order valence-electron chi connectivity index (χ1n) is 10.6. The van der Waals surface area contributed by atoms with Crippen LogP contribution in [0.4, 0.5) is 0 Å². The van der Waals surface area contributed by atoms with Crippen molar-refractivity contribution in [3.05, 3.63) is 48.5 Å². The summed E-state index contributed by atoms with van der Waals surface area (Å²) in [5, 5.41) is 19.0. The summed E-state index contributed by atoms with van der Waals surface area (Å²) in [4.78, 5) is 0. The van der Waals surface area contributed by atoms with Crippen molar-refractivity contribution in [2.75, 3.05) is 0 Å². The molecule has 0 heterocycles. The number of hydrogen-bond acceptors (Lipinski definition) is 4. The van der Waals surface area contributed by atoms with Crippen LogP contribution in [0.2, 0.25) is 0 Å². The Labute approximate surface area is 195 Å². The normalized spacial score (nSPS) is 16.3. The Bertz CT molecular complexity index is 653. The van der Waals surface area contributed by atoms with Crippen LogP contribution in [0.25, 0.3) is 0 Å². The Morgan fingerprint density at radius 1 is 0.548 bits per heavy atom. The van der Waals surface area contributed by atoms with Gasteiger partial charge in [-0.3, -0.25) is 0 Å².